The number of nitrogens with one attached hydrogen (secondary N) is 1. The van der Waals surface area contributed by atoms with Gasteiger partial charge in [0.15, 0.2) is 18.1 Å². The number of primary amides is 1. The average molecular weight is 384 g/mol. The summed E-state index contributed by atoms with van der Waals surface area (Å²) < 4.78 is 16.1. The van der Waals surface area contributed by atoms with Gasteiger partial charge in [0.05, 0.1) is 13.7 Å². The number of ether oxygens (including phenoxy) is 3. The molecule has 0 saturated heterocycles. The summed E-state index contributed by atoms with van der Waals surface area (Å²) in [4.78, 5) is 22.8. The second kappa shape index (κ2) is 10.6. The topological polar surface area (TPSA) is 99.9 Å². The first kappa shape index (κ1) is 20.8. The maximum absolute atomic E-state index is 12.1. The summed E-state index contributed by atoms with van der Waals surface area (Å²) in [6.07, 6.45) is 4.02. The molecule has 2 rings (SSSR count). The van der Waals surface area contributed by atoms with Crippen LogP contribution in [0.2, 0.25) is 0 Å². The molecule has 0 bridgehead atoms. The molecule has 2 aromatic rings. The number of nitrogens with two attached hydrogens (primary N) is 1. The zero-order chi connectivity index (χ0) is 20.4. The van der Waals surface area contributed by atoms with Gasteiger partial charge in [-0.2, -0.15) is 0 Å². The highest BCUT2D eigenvalue weighted by Gasteiger charge is 2.05. The number of hydrogen-bond acceptors (Lipinski definition) is 5. The van der Waals surface area contributed by atoms with Crippen molar-refractivity contribution in [2.45, 2.75) is 13.3 Å². The Kier molecular flexibility index (Phi) is 7.90. The zero-order valence-electron chi connectivity index (χ0n) is 15.9. The van der Waals surface area contributed by atoms with Crippen LogP contribution in [0.3, 0.4) is 0 Å². The van der Waals surface area contributed by atoms with E-state index in [2.05, 4.69) is 5.32 Å². The lowest BCUT2D eigenvalue weighted by molar-refractivity contribution is -0.120. The van der Waals surface area contributed by atoms with Gasteiger partial charge < -0.3 is 25.3 Å². The third kappa shape index (κ3) is 6.68. The summed E-state index contributed by atoms with van der Waals surface area (Å²) in [6.45, 7) is 2.45. The van der Waals surface area contributed by atoms with E-state index in [1.54, 1.807) is 43.5 Å². The standard InChI is InChI=1S/C21H24N2O5/c1-3-12-27-18-10-4-15(13-19(18)26-2)5-11-21(25)23-16-6-8-17(9-7-16)28-14-20(22)24/h4-11,13H,3,12,14H2,1-2H3,(H2,22,24)(H,23,25)/b11-5+. The van der Waals surface area contributed by atoms with Crippen molar-refractivity contribution < 1.29 is 23.8 Å². The molecule has 0 aliphatic carbocycles. The van der Waals surface area contributed by atoms with Crippen LogP contribution >= 0.6 is 0 Å². The first-order valence-corrected chi connectivity index (χ1v) is 8.83. The molecule has 0 aliphatic rings. The SMILES string of the molecule is CCCOc1ccc(/C=C/C(=O)Nc2ccc(OCC(N)=O)cc2)cc1OC. The number of anilines is 1. The summed E-state index contributed by atoms with van der Waals surface area (Å²) in [7, 11) is 1.57. The quantitative estimate of drug-likeness (QED) is 0.614. The second-order valence-electron chi connectivity index (χ2n) is 5.86. The van der Waals surface area contributed by atoms with Crippen LogP contribution in [0, 0.1) is 0 Å². The van der Waals surface area contributed by atoms with Gasteiger partial charge in [-0.25, -0.2) is 0 Å². The van der Waals surface area contributed by atoms with Gasteiger partial charge >= 0.3 is 0 Å². The molecule has 148 valence electrons. The van der Waals surface area contributed by atoms with Crippen LogP contribution in [-0.2, 0) is 9.59 Å². The first-order chi connectivity index (χ1) is 13.5. The Labute approximate surface area is 164 Å². The van der Waals surface area contributed by atoms with E-state index in [1.807, 2.05) is 19.1 Å². The third-order valence-electron chi connectivity index (χ3n) is 3.58. The summed E-state index contributed by atoms with van der Waals surface area (Å²) in [6, 6.07) is 12.1. The lowest BCUT2D eigenvalue weighted by Gasteiger charge is -2.10. The monoisotopic (exact) mass is 384 g/mol. The third-order valence-corrected chi connectivity index (χ3v) is 3.58. The van der Waals surface area contributed by atoms with E-state index in [0.717, 1.165) is 12.0 Å². The van der Waals surface area contributed by atoms with Crippen molar-refractivity contribution in [1.82, 2.24) is 0 Å². The van der Waals surface area contributed by atoms with Gasteiger partial charge in [0.2, 0.25) is 5.91 Å². The molecule has 0 spiro atoms. The van der Waals surface area contributed by atoms with Gasteiger partial charge in [0, 0.05) is 11.8 Å². The predicted octanol–water partition coefficient (Wildman–Crippen LogP) is 3.00. The summed E-state index contributed by atoms with van der Waals surface area (Å²) in [5.41, 5.74) is 6.43. The van der Waals surface area contributed by atoms with Crippen molar-refractivity contribution in [3.63, 3.8) is 0 Å². The number of hydrogen-bond donors (Lipinski definition) is 2. The average Bonchev–Trinajstić information content (AvgIpc) is 2.70. The fraction of sp³-hybridized carbons (Fsp3) is 0.238. The highest BCUT2D eigenvalue weighted by Crippen LogP contribution is 2.28. The van der Waals surface area contributed by atoms with Crippen LogP contribution in [0.15, 0.2) is 48.5 Å². The number of rotatable bonds is 10. The molecule has 0 heterocycles. The summed E-state index contributed by atoms with van der Waals surface area (Å²) in [5.74, 6) is 0.942. The van der Waals surface area contributed by atoms with Crippen LogP contribution in [0.5, 0.6) is 17.2 Å². The molecular formula is C21H24N2O5. The largest absolute Gasteiger partial charge is 0.493 e. The van der Waals surface area contributed by atoms with Gasteiger partial charge in [0.1, 0.15) is 5.75 Å². The minimum absolute atomic E-state index is 0.194. The molecule has 2 amide bonds. The van der Waals surface area contributed by atoms with E-state index < -0.39 is 5.91 Å². The van der Waals surface area contributed by atoms with Gasteiger partial charge in [0.25, 0.3) is 5.91 Å². The van der Waals surface area contributed by atoms with Crippen molar-refractivity contribution in [1.29, 1.82) is 0 Å². The van der Waals surface area contributed by atoms with E-state index >= 15 is 0 Å². The fourth-order valence-electron chi connectivity index (χ4n) is 2.26. The van der Waals surface area contributed by atoms with Crippen molar-refractivity contribution in [2.75, 3.05) is 25.6 Å². The van der Waals surface area contributed by atoms with E-state index in [0.29, 0.717) is 29.5 Å². The van der Waals surface area contributed by atoms with E-state index in [1.165, 1.54) is 6.08 Å². The number of benzene rings is 2. The number of carbonyl (C=O) groups is 2. The van der Waals surface area contributed by atoms with Crippen LogP contribution in [0.1, 0.15) is 18.9 Å². The molecule has 28 heavy (non-hydrogen) atoms. The lowest BCUT2D eigenvalue weighted by Crippen LogP contribution is -2.20. The highest BCUT2D eigenvalue weighted by atomic mass is 16.5. The predicted molar refractivity (Wildman–Crippen MR) is 108 cm³/mol. The lowest BCUT2D eigenvalue weighted by atomic mass is 10.2. The minimum atomic E-state index is -0.552. The van der Waals surface area contributed by atoms with Crippen molar-refractivity contribution in [2.24, 2.45) is 5.73 Å². The maximum Gasteiger partial charge on any atom is 0.255 e. The Hall–Kier alpha value is -3.48. The highest BCUT2D eigenvalue weighted by molar-refractivity contribution is 6.02. The number of amides is 2. The van der Waals surface area contributed by atoms with Crippen molar-refractivity contribution >= 4 is 23.6 Å². The molecule has 0 fully saturated rings. The van der Waals surface area contributed by atoms with Gasteiger partial charge in [-0.3, -0.25) is 9.59 Å². The second-order valence-corrected chi connectivity index (χ2v) is 5.86. The summed E-state index contributed by atoms with van der Waals surface area (Å²) in [5, 5.41) is 2.74. The number of carbonyl (C=O) groups excluding carboxylic acids is 2. The zero-order valence-corrected chi connectivity index (χ0v) is 15.9. The molecular weight excluding hydrogens is 360 g/mol. The fourth-order valence-corrected chi connectivity index (χ4v) is 2.26. The molecule has 0 radical (unpaired) electrons. The van der Waals surface area contributed by atoms with Crippen LogP contribution in [0.25, 0.3) is 6.08 Å². The van der Waals surface area contributed by atoms with Crippen molar-refractivity contribution in [3.8, 4) is 17.2 Å². The van der Waals surface area contributed by atoms with Crippen LogP contribution in [-0.4, -0.2) is 32.1 Å². The molecule has 7 heteroatoms. The minimum Gasteiger partial charge on any atom is -0.493 e. The van der Waals surface area contributed by atoms with Gasteiger partial charge in [-0.05, 0) is 54.5 Å². The number of methoxy groups -OCH3 is 1. The molecule has 0 unspecified atom stereocenters. The van der Waals surface area contributed by atoms with Crippen LogP contribution in [0.4, 0.5) is 5.69 Å². The Bertz CT molecular complexity index is 831. The van der Waals surface area contributed by atoms with E-state index in [9.17, 15) is 9.59 Å². The Morgan fingerprint density at radius 2 is 1.82 bits per heavy atom. The molecule has 0 atom stereocenters. The molecule has 2 aromatic carbocycles. The maximum atomic E-state index is 12.1. The van der Waals surface area contributed by atoms with Gasteiger partial charge in [-0.15, -0.1) is 0 Å². The summed E-state index contributed by atoms with van der Waals surface area (Å²) >= 11 is 0. The molecule has 0 saturated carbocycles. The molecule has 0 aromatic heterocycles. The Morgan fingerprint density at radius 1 is 1.07 bits per heavy atom. The Balaban J connectivity index is 1.95. The van der Waals surface area contributed by atoms with Gasteiger partial charge in [-0.1, -0.05) is 13.0 Å². The van der Waals surface area contributed by atoms with Crippen molar-refractivity contribution in [3.05, 3.63) is 54.1 Å². The smallest absolute Gasteiger partial charge is 0.255 e. The first-order valence-electron chi connectivity index (χ1n) is 8.83. The normalized spacial score (nSPS) is 10.5. The van der Waals surface area contributed by atoms with Crippen LogP contribution < -0.4 is 25.3 Å². The van der Waals surface area contributed by atoms with E-state index in [4.69, 9.17) is 19.9 Å². The van der Waals surface area contributed by atoms with E-state index in [-0.39, 0.29) is 12.5 Å². The molecule has 3 N–H and O–H groups in total. The Morgan fingerprint density at radius 3 is 2.46 bits per heavy atom. The molecule has 7 nitrogen and oxygen atoms in total. The molecule has 0 aliphatic heterocycles.